The number of rotatable bonds is 5. The van der Waals surface area contributed by atoms with Crippen LogP contribution in [-0.2, 0) is 14.4 Å². The molecule has 1 unspecified atom stereocenters. The number of hydrogen-bond donors (Lipinski definition) is 0. The fourth-order valence-electron chi connectivity index (χ4n) is 1.44. The average molecular weight is 232 g/mol. The Kier molecular flexibility index (Phi) is 3.87. The SMILES string of the molecule is C=CC(=O)C1=NN(C(=O)C=C)CC1C(=O)C=C. The van der Waals surface area contributed by atoms with E-state index in [-0.39, 0.29) is 18.0 Å². The number of nitrogens with zero attached hydrogens (tertiary/aromatic N) is 2. The molecule has 0 N–H and O–H groups in total. The molecule has 1 atom stereocenters. The molecule has 1 amide bonds. The summed E-state index contributed by atoms with van der Waals surface area (Å²) < 4.78 is 0. The van der Waals surface area contributed by atoms with Crippen molar-refractivity contribution in [3.63, 3.8) is 0 Å². The molecule has 5 heteroatoms. The first kappa shape index (κ1) is 12.8. The fraction of sp³-hybridized carbons (Fsp3) is 0.167. The summed E-state index contributed by atoms with van der Waals surface area (Å²) in [7, 11) is 0. The molecule has 5 nitrogen and oxygen atoms in total. The lowest BCUT2D eigenvalue weighted by atomic mass is 9.96. The maximum atomic E-state index is 11.6. The molecule has 17 heavy (non-hydrogen) atoms. The highest BCUT2D eigenvalue weighted by Crippen LogP contribution is 2.17. The molecule has 0 saturated carbocycles. The van der Waals surface area contributed by atoms with Crippen LogP contribution in [0.5, 0.6) is 0 Å². The highest BCUT2D eigenvalue weighted by Gasteiger charge is 2.35. The zero-order valence-electron chi connectivity index (χ0n) is 9.26. The predicted molar refractivity (Wildman–Crippen MR) is 63.2 cm³/mol. The molecule has 0 bridgehead atoms. The maximum Gasteiger partial charge on any atom is 0.266 e. The van der Waals surface area contributed by atoms with Gasteiger partial charge < -0.3 is 0 Å². The van der Waals surface area contributed by atoms with Gasteiger partial charge >= 0.3 is 0 Å². The fourth-order valence-corrected chi connectivity index (χ4v) is 1.44. The van der Waals surface area contributed by atoms with Gasteiger partial charge in [-0.2, -0.15) is 5.10 Å². The summed E-state index contributed by atoms with van der Waals surface area (Å²) in [4.78, 5) is 34.4. The van der Waals surface area contributed by atoms with E-state index in [1.165, 1.54) is 0 Å². The first-order valence-corrected chi connectivity index (χ1v) is 4.90. The number of carbonyl (C=O) groups is 3. The number of ketones is 2. The Bertz CT molecular complexity index is 449. The van der Waals surface area contributed by atoms with Crippen LogP contribution in [0, 0.1) is 5.92 Å². The molecule has 88 valence electrons. The van der Waals surface area contributed by atoms with E-state index in [0.29, 0.717) is 0 Å². The Morgan fingerprint density at radius 2 is 1.82 bits per heavy atom. The van der Waals surface area contributed by atoms with Crippen molar-refractivity contribution < 1.29 is 14.4 Å². The van der Waals surface area contributed by atoms with Crippen molar-refractivity contribution in [2.45, 2.75) is 0 Å². The van der Waals surface area contributed by atoms with Crippen molar-refractivity contribution in [2.75, 3.05) is 6.54 Å². The molecule has 1 aliphatic rings. The van der Waals surface area contributed by atoms with Crippen molar-refractivity contribution in [3.8, 4) is 0 Å². The lowest BCUT2D eigenvalue weighted by Crippen LogP contribution is -2.30. The van der Waals surface area contributed by atoms with E-state index >= 15 is 0 Å². The van der Waals surface area contributed by atoms with Crippen LogP contribution in [0.25, 0.3) is 0 Å². The van der Waals surface area contributed by atoms with Crippen molar-refractivity contribution in [3.05, 3.63) is 38.0 Å². The second-order valence-electron chi connectivity index (χ2n) is 3.34. The topological polar surface area (TPSA) is 66.8 Å². The van der Waals surface area contributed by atoms with E-state index in [2.05, 4.69) is 24.8 Å². The van der Waals surface area contributed by atoms with E-state index in [1.807, 2.05) is 0 Å². The van der Waals surface area contributed by atoms with E-state index in [4.69, 9.17) is 0 Å². The highest BCUT2D eigenvalue weighted by atomic mass is 16.2. The Morgan fingerprint density at radius 1 is 1.18 bits per heavy atom. The van der Waals surface area contributed by atoms with Gasteiger partial charge in [-0.3, -0.25) is 14.4 Å². The minimum Gasteiger partial charge on any atom is -0.294 e. The third-order valence-electron chi connectivity index (χ3n) is 2.33. The van der Waals surface area contributed by atoms with Crippen molar-refractivity contribution in [1.82, 2.24) is 5.01 Å². The Balaban J connectivity index is 3.07. The first-order valence-electron chi connectivity index (χ1n) is 4.90. The van der Waals surface area contributed by atoms with E-state index in [9.17, 15) is 14.4 Å². The van der Waals surface area contributed by atoms with Gasteiger partial charge in [0, 0.05) is 0 Å². The Morgan fingerprint density at radius 3 is 2.29 bits per heavy atom. The molecule has 1 heterocycles. The van der Waals surface area contributed by atoms with Gasteiger partial charge in [-0.05, 0) is 18.2 Å². The van der Waals surface area contributed by atoms with Crippen LogP contribution in [0.4, 0.5) is 0 Å². The summed E-state index contributed by atoms with van der Waals surface area (Å²) in [6.07, 6.45) is 3.24. The van der Waals surface area contributed by atoms with Crippen molar-refractivity contribution in [1.29, 1.82) is 0 Å². The molecule has 0 aliphatic carbocycles. The predicted octanol–water partition coefficient (Wildman–Crippen LogP) is 0.497. The molecular weight excluding hydrogens is 220 g/mol. The van der Waals surface area contributed by atoms with Gasteiger partial charge in [0.1, 0.15) is 5.71 Å². The van der Waals surface area contributed by atoms with Gasteiger partial charge in [0.05, 0.1) is 12.5 Å². The standard InChI is InChI=1S/C12H12N2O3/c1-4-9(15)8-7-14(11(17)6-3)13-12(8)10(16)5-2/h4-6,8H,1-3,7H2. The second kappa shape index (κ2) is 5.16. The largest absolute Gasteiger partial charge is 0.294 e. The molecule has 0 fully saturated rings. The summed E-state index contributed by atoms with van der Waals surface area (Å²) in [5, 5.41) is 4.86. The Labute approximate surface area is 98.8 Å². The second-order valence-corrected chi connectivity index (χ2v) is 3.34. The van der Waals surface area contributed by atoms with Gasteiger partial charge in [-0.1, -0.05) is 19.7 Å². The van der Waals surface area contributed by atoms with Gasteiger partial charge in [0.25, 0.3) is 5.91 Å². The molecule has 0 aromatic rings. The van der Waals surface area contributed by atoms with E-state index < -0.39 is 17.6 Å². The third-order valence-corrected chi connectivity index (χ3v) is 2.33. The van der Waals surface area contributed by atoms with Crippen LogP contribution in [0.1, 0.15) is 0 Å². The van der Waals surface area contributed by atoms with Crippen LogP contribution < -0.4 is 0 Å². The number of carbonyl (C=O) groups excluding carboxylic acids is 3. The summed E-state index contributed by atoms with van der Waals surface area (Å²) in [6.45, 7) is 10.0. The smallest absolute Gasteiger partial charge is 0.266 e. The van der Waals surface area contributed by atoms with Crippen LogP contribution in [0.3, 0.4) is 0 Å². The van der Waals surface area contributed by atoms with Gasteiger partial charge in [-0.15, -0.1) is 0 Å². The zero-order valence-corrected chi connectivity index (χ0v) is 9.26. The van der Waals surface area contributed by atoms with Gasteiger partial charge in [-0.25, -0.2) is 5.01 Å². The molecule has 0 saturated heterocycles. The Hall–Kier alpha value is -2.30. The van der Waals surface area contributed by atoms with E-state index in [1.54, 1.807) is 0 Å². The summed E-state index contributed by atoms with van der Waals surface area (Å²) >= 11 is 0. The van der Waals surface area contributed by atoms with Crippen molar-refractivity contribution in [2.24, 2.45) is 11.0 Å². The van der Waals surface area contributed by atoms with Crippen molar-refractivity contribution >= 4 is 23.2 Å². The van der Waals surface area contributed by atoms with E-state index in [0.717, 1.165) is 23.2 Å². The minimum atomic E-state index is -0.762. The number of hydrogen-bond acceptors (Lipinski definition) is 4. The third kappa shape index (κ3) is 2.44. The van der Waals surface area contributed by atoms with Gasteiger partial charge in [0.2, 0.25) is 5.78 Å². The normalized spacial score (nSPS) is 18.2. The quantitative estimate of drug-likeness (QED) is 0.648. The summed E-state index contributed by atoms with van der Waals surface area (Å²) in [6, 6.07) is 0. The molecule has 0 radical (unpaired) electrons. The number of amides is 1. The average Bonchev–Trinajstić information content (AvgIpc) is 2.80. The molecule has 1 rings (SSSR count). The lowest BCUT2D eigenvalue weighted by molar-refractivity contribution is -0.126. The van der Waals surface area contributed by atoms with Crippen LogP contribution in [0.2, 0.25) is 0 Å². The minimum absolute atomic E-state index is 0.0140. The molecular formula is C12H12N2O3. The van der Waals surface area contributed by atoms with Crippen LogP contribution in [-0.4, -0.2) is 34.7 Å². The first-order chi connectivity index (χ1) is 8.04. The molecule has 0 spiro atoms. The molecule has 0 aromatic carbocycles. The highest BCUT2D eigenvalue weighted by molar-refractivity contribution is 6.48. The van der Waals surface area contributed by atoms with Crippen LogP contribution >= 0.6 is 0 Å². The summed E-state index contributed by atoms with van der Waals surface area (Å²) in [5.41, 5.74) is 0.0140. The number of hydrazone groups is 1. The van der Waals surface area contributed by atoms with Gasteiger partial charge in [0.15, 0.2) is 5.78 Å². The maximum absolute atomic E-state index is 11.6. The molecule has 0 aromatic heterocycles. The lowest BCUT2D eigenvalue weighted by Gasteiger charge is -2.09. The molecule has 1 aliphatic heterocycles. The summed E-state index contributed by atoms with van der Waals surface area (Å²) in [5.74, 6) is -2.04. The monoisotopic (exact) mass is 232 g/mol. The zero-order chi connectivity index (χ0) is 13.0. The van der Waals surface area contributed by atoms with Crippen LogP contribution in [0.15, 0.2) is 43.1 Å². The number of allylic oxidation sites excluding steroid dienone is 2.